The Kier molecular flexibility index (Phi) is 5.45. The van der Waals surface area contributed by atoms with Crippen LogP contribution in [0.3, 0.4) is 0 Å². The minimum atomic E-state index is -0.0666. The monoisotopic (exact) mass is 399 g/mol. The van der Waals surface area contributed by atoms with Gasteiger partial charge in [-0.3, -0.25) is 4.79 Å². The van der Waals surface area contributed by atoms with E-state index >= 15 is 0 Å². The molecule has 9 nitrogen and oxygen atoms in total. The van der Waals surface area contributed by atoms with Crippen LogP contribution in [0.15, 0.2) is 49.3 Å². The van der Waals surface area contributed by atoms with Crippen LogP contribution in [0.5, 0.6) is 0 Å². The molecule has 10 heteroatoms. The van der Waals surface area contributed by atoms with Gasteiger partial charge in [-0.05, 0) is 24.3 Å². The van der Waals surface area contributed by atoms with Crippen LogP contribution in [0.25, 0.3) is 5.69 Å². The highest BCUT2D eigenvalue weighted by molar-refractivity contribution is 6.31. The lowest BCUT2D eigenvalue weighted by Gasteiger charge is -2.31. The van der Waals surface area contributed by atoms with E-state index in [4.69, 9.17) is 11.6 Å². The minimum Gasteiger partial charge on any atom is -0.330 e. The highest BCUT2D eigenvalue weighted by Gasteiger charge is 2.24. The maximum Gasteiger partial charge on any atom is 0.279 e. The zero-order valence-electron chi connectivity index (χ0n) is 15.1. The molecule has 1 amide bonds. The summed E-state index contributed by atoms with van der Waals surface area (Å²) in [7, 11) is 0. The predicted octanol–water partition coefficient (Wildman–Crippen LogP) is 0.0543. The summed E-state index contributed by atoms with van der Waals surface area (Å²) in [6, 6.07) is 7.08. The van der Waals surface area contributed by atoms with Gasteiger partial charge in [0.15, 0.2) is 6.54 Å². The number of anilines is 2. The van der Waals surface area contributed by atoms with Gasteiger partial charge in [-0.1, -0.05) is 11.6 Å². The maximum absolute atomic E-state index is 12.6. The summed E-state index contributed by atoms with van der Waals surface area (Å²) in [4.78, 5) is 28.5. The van der Waals surface area contributed by atoms with Gasteiger partial charge in [0.25, 0.3) is 5.91 Å². The van der Waals surface area contributed by atoms with Gasteiger partial charge < -0.3 is 15.1 Å². The third-order valence-corrected chi connectivity index (χ3v) is 4.85. The van der Waals surface area contributed by atoms with Gasteiger partial charge in [-0.25, -0.2) is 19.6 Å². The van der Waals surface area contributed by atoms with Crippen molar-refractivity contribution in [3.8, 4) is 5.69 Å². The number of nitrogens with zero attached hydrogens (tertiary/aromatic N) is 6. The molecule has 0 atom stereocenters. The number of amides is 1. The first-order valence-corrected chi connectivity index (χ1v) is 9.37. The molecular weight excluding hydrogens is 380 g/mol. The molecule has 1 aliphatic rings. The molecule has 0 radical (unpaired) electrons. The summed E-state index contributed by atoms with van der Waals surface area (Å²) in [5, 5.41) is 7.63. The molecular formula is C18H20ClN8O+. The Morgan fingerprint density at radius 2 is 2.00 bits per heavy atom. The van der Waals surface area contributed by atoms with Gasteiger partial charge in [0, 0.05) is 17.4 Å². The summed E-state index contributed by atoms with van der Waals surface area (Å²) in [6.45, 7) is 3.70. The summed E-state index contributed by atoms with van der Waals surface area (Å²) in [5.74, 6) is 0.672. The number of benzene rings is 1. The van der Waals surface area contributed by atoms with Crippen molar-refractivity contribution in [2.45, 2.75) is 0 Å². The Bertz CT molecular complexity index is 926. The maximum atomic E-state index is 12.6. The van der Waals surface area contributed by atoms with Crippen molar-refractivity contribution >= 4 is 29.1 Å². The molecule has 3 heterocycles. The Balaban J connectivity index is 1.36. The summed E-state index contributed by atoms with van der Waals surface area (Å²) >= 11 is 6.11. The van der Waals surface area contributed by atoms with Crippen LogP contribution in [0.2, 0.25) is 5.02 Å². The SMILES string of the molecule is O=C(C[NH+]1CCN(c2ncccn2)CC1)Nc1cc(Cl)ccc1-n1cncn1. The second kappa shape index (κ2) is 8.32. The van der Waals surface area contributed by atoms with Crippen LogP contribution in [-0.2, 0) is 4.79 Å². The third kappa shape index (κ3) is 4.26. The predicted molar refractivity (Wildman–Crippen MR) is 105 cm³/mol. The molecule has 0 bridgehead atoms. The van der Waals surface area contributed by atoms with Crippen LogP contribution in [0, 0.1) is 0 Å². The summed E-state index contributed by atoms with van der Waals surface area (Å²) in [6.07, 6.45) is 6.51. The number of carbonyl (C=O) groups excluding carboxylic acids is 1. The average molecular weight is 400 g/mol. The topological polar surface area (TPSA) is 93.3 Å². The second-order valence-corrected chi connectivity index (χ2v) is 6.95. The largest absolute Gasteiger partial charge is 0.330 e. The van der Waals surface area contributed by atoms with Crippen molar-refractivity contribution in [2.24, 2.45) is 0 Å². The van der Waals surface area contributed by atoms with Gasteiger partial charge in [0.1, 0.15) is 12.7 Å². The normalized spacial score (nSPS) is 14.8. The number of piperazine rings is 1. The van der Waals surface area contributed by atoms with Gasteiger partial charge in [-0.2, -0.15) is 5.10 Å². The van der Waals surface area contributed by atoms with Crippen molar-refractivity contribution in [3.05, 3.63) is 54.3 Å². The van der Waals surface area contributed by atoms with Crippen LogP contribution in [0.4, 0.5) is 11.6 Å². The van der Waals surface area contributed by atoms with E-state index in [1.165, 1.54) is 11.2 Å². The smallest absolute Gasteiger partial charge is 0.279 e. The molecule has 2 N–H and O–H groups in total. The highest BCUT2D eigenvalue weighted by atomic mass is 35.5. The Morgan fingerprint density at radius 3 is 2.71 bits per heavy atom. The first-order valence-electron chi connectivity index (χ1n) is 8.99. The molecule has 1 aromatic carbocycles. The number of halogens is 1. The second-order valence-electron chi connectivity index (χ2n) is 6.51. The number of rotatable bonds is 5. The van der Waals surface area contributed by atoms with E-state index in [-0.39, 0.29) is 5.91 Å². The van der Waals surface area contributed by atoms with Gasteiger partial charge >= 0.3 is 0 Å². The lowest BCUT2D eigenvalue weighted by molar-refractivity contribution is -0.892. The van der Waals surface area contributed by atoms with Gasteiger partial charge in [0.05, 0.1) is 37.6 Å². The first-order chi connectivity index (χ1) is 13.7. The van der Waals surface area contributed by atoms with Crippen LogP contribution >= 0.6 is 11.6 Å². The van der Waals surface area contributed by atoms with Crippen LogP contribution in [-0.4, -0.2) is 63.4 Å². The van der Waals surface area contributed by atoms with Crippen molar-refractivity contribution in [2.75, 3.05) is 42.9 Å². The molecule has 1 saturated heterocycles. The first kappa shape index (κ1) is 18.3. The average Bonchev–Trinajstić information content (AvgIpc) is 3.24. The molecule has 4 rings (SSSR count). The Morgan fingerprint density at radius 1 is 1.21 bits per heavy atom. The molecule has 2 aromatic heterocycles. The fraction of sp³-hybridized carbons (Fsp3) is 0.278. The van der Waals surface area contributed by atoms with E-state index in [1.807, 2.05) is 0 Å². The van der Waals surface area contributed by atoms with Gasteiger partial charge in [-0.15, -0.1) is 0 Å². The third-order valence-electron chi connectivity index (χ3n) is 4.61. The number of hydrogen-bond donors (Lipinski definition) is 2. The molecule has 0 spiro atoms. The van der Waals surface area contributed by atoms with E-state index in [1.54, 1.807) is 47.7 Å². The highest BCUT2D eigenvalue weighted by Crippen LogP contribution is 2.23. The lowest BCUT2D eigenvalue weighted by Crippen LogP contribution is -3.15. The lowest BCUT2D eigenvalue weighted by atomic mass is 10.2. The fourth-order valence-electron chi connectivity index (χ4n) is 3.22. The quantitative estimate of drug-likeness (QED) is 0.630. The Hall–Kier alpha value is -3.04. The molecule has 0 saturated carbocycles. The minimum absolute atomic E-state index is 0.0666. The number of hydrogen-bond acceptors (Lipinski definition) is 6. The molecule has 28 heavy (non-hydrogen) atoms. The molecule has 0 aliphatic carbocycles. The molecule has 3 aromatic rings. The summed E-state index contributed by atoms with van der Waals surface area (Å²) in [5.41, 5.74) is 1.33. The van der Waals surface area contributed by atoms with Gasteiger partial charge in [0.2, 0.25) is 5.95 Å². The van der Waals surface area contributed by atoms with E-state index in [2.05, 4.69) is 30.3 Å². The number of nitrogens with one attached hydrogen (secondary N) is 2. The van der Waals surface area contributed by atoms with Crippen molar-refractivity contribution < 1.29 is 9.69 Å². The van der Waals surface area contributed by atoms with Crippen LogP contribution in [0.1, 0.15) is 0 Å². The zero-order chi connectivity index (χ0) is 19.3. The molecule has 1 fully saturated rings. The van der Waals surface area contributed by atoms with E-state index < -0.39 is 0 Å². The fourth-order valence-corrected chi connectivity index (χ4v) is 3.39. The van der Waals surface area contributed by atoms with E-state index in [0.717, 1.165) is 37.8 Å². The standard InChI is InChI=1S/C18H19ClN8O/c19-14-2-3-16(27-13-20-12-23-27)15(10-14)24-17(28)11-25-6-8-26(9-7-25)18-21-4-1-5-22-18/h1-5,10,12-13H,6-9,11H2,(H,24,28)/p+1. The number of carbonyl (C=O) groups is 1. The van der Waals surface area contributed by atoms with E-state index in [9.17, 15) is 4.79 Å². The van der Waals surface area contributed by atoms with E-state index in [0.29, 0.717) is 17.3 Å². The molecule has 144 valence electrons. The number of aromatic nitrogens is 5. The van der Waals surface area contributed by atoms with Crippen LogP contribution < -0.4 is 15.1 Å². The van der Waals surface area contributed by atoms with Crippen molar-refractivity contribution in [1.29, 1.82) is 0 Å². The summed E-state index contributed by atoms with van der Waals surface area (Å²) < 4.78 is 1.59. The van der Waals surface area contributed by atoms with Crippen molar-refractivity contribution in [3.63, 3.8) is 0 Å². The van der Waals surface area contributed by atoms with Crippen molar-refractivity contribution in [1.82, 2.24) is 24.7 Å². The molecule has 0 unspecified atom stereocenters. The number of quaternary nitrogens is 1. The zero-order valence-corrected chi connectivity index (χ0v) is 15.9. The molecule has 1 aliphatic heterocycles. The Labute approximate surface area is 167 Å².